The fourth-order valence-corrected chi connectivity index (χ4v) is 14.9. The van der Waals surface area contributed by atoms with Crippen LogP contribution in [0.3, 0.4) is 0 Å². The monoisotopic (exact) mass is 1480 g/mol. The Kier molecular flexibility index (Phi) is 20.4. The van der Waals surface area contributed by atoms with E-state index in [0.717, 1.165) is 45.0 Å². The van der Waals surface area contributed by atoms with E-state index >= 15 is 0 Å². The quantitative estimate of drug-likeness (QED) is 0.0712. The Bertz CT molecular complexity index is 3310. The van der Waals surface area contributed by atoms with Gasteiger partial charge in [0.2, 0.25) is 0 Å². The summed E-state index contributed by atoms with van der Waals surface area (Å²) < 4.78 is 111. The molecule has 418 valence electrons. The molecule has 6 aromatic carbocycles. The van der Waals surface area contributed by atoms with Gasteiger partial charge in [-0.3, -0.25) is 9.36 Å². The normalized spacial score (nSPS) is 12.0. The molecule has 0 amide bonds. The smallest absolute Gasteiger partial charge is 0.488 e. The van der Waals surface area contributed by atoms with Crippen molar-refractivity contribution in [3.05, 3.63) is 230 Å². The SMILES string of the molecule is CC(C)(C)c1cc(-c2[n-]cnc2C(F)(F)F)[c-]c(-n2cccn2)c1.CC(C)(C)c1cc(-c2[n-]cnc2C(F)(F)F)[c-]c(-n2cccn2)c1.O=P(CCP(=O)(c1ccccc1)c1ccccc1)(c1ccccc1)c1ccccc1.[Pt+2].[Pt+2]. The van der Waals surface area contributed by atoms with Crippen LogP contribution in [0.15, 0.2) is 195 Å². The molecule has 0 aliphatic carbocycles. The van der Waals surface area contributed by atoms with Crippen LogP contribution in [0.4, 0.5) is 26.3 Å². The van der Waals surface area contributed by atoms with Gasteiger partial charge < -0.3 is 29.1 Å². The summed E-state index contributed by atoms with van der Waals surface area (Å²) in [5.41, 5.74) is 0.355. The van der Waals surface area contributed by atoms with Gasteiger partial charge in [0.1, 0.15) is 14.3 Å². The van der Waals surface area contributed by atoms with Crippen LogP contribution in [-0.2, 0) is 74.4 Å². The maximum atomic E-state index is 14.4. The van der Waals surface area contributed by atoms with Gasteiger partial charge in [-0.1, -0.05) is 163 Å². The van der Waals surface area contributed by atoms with Crippen LogP contribution < -0.4 is 31.2 Å². The van der Waals surface area contributed by atoms with Crippen LogP contribution in [0.2, 0.25) is 0 Å². The van der Waals surface area contributed by atoms with Crippen molar-refractivity contribution in [3.8, 4) is 33.9 Å². The van der Waals surface area contributed by atoms with E-state index in [9.17, 15) is 35.5 Å². The Morgan fingerprint density at radius 2 is 0.762 bits per heavy atom. The van der Waals surface area contributed by atoms with Crippen molar-refractivity contribution >= 4 is 35.5 Å². The Morgan fingerprint density at radius 1 is 0.463 bits per heavy atom. The first-order valence-corrected chi connectivity index (χ1v) is 28.4. The number of hydrogen-bond acceptors (Lipinski definition) is 6. The molecular weight excluding hydrogens is 1430 g/mol. The van der Waals surface area contributed by atoms with Gasteiger partial charge in [0.15, 0.2) is 0 Å². The van der Waals surface area contributed by atoms with Crippen LogP contribution in [0.25, 0.3) is 33.9 Å². The molecule has 80 heavy (non-hydrogen) atoms. The first kappa shape index (κ1) is 62.8. The van der Waals surface area contributed by atoms with Crippen molar-refractivity contribution in [1.82, 2.24) is 39.5 Å². The van der Waals surface area contributed by atoms with Gasteiger partial charge in [0, 0.05) is 58.3 Å². The fourth-order valence-electron chi connectivity index (χ4n) is 8.41. The molecule has 10 aromatic rings. The molecule has 10 rings (SSSR count). The van der Waals surface area contributed by atoms with Gasteiger partial charge in [0.05, 0.1) is 0 Å². The van der Waals surface area contributed by atoms with E-state index in [-0.39, 0.29) is 75.5 Å². The third kappa shape index (κ3) is 14.9. The van der Waals surface area contributed by atoms with Gasteiger partial charge in [-0.2, -0.15) is 36.5 Å². The molecule has 4 aromatic heterocycles. The largest absolute Gasteiger partial charge is 2.00 e. The van der Waals surface area contributed by atoms with E-state index in [0.29, 0.717) is 23.7 Å². The molecule has 0 spiro atoms. The number of nitrogens with zero attached hydrogens (tertiary/aromatic N) is 8. The summed E-state index contributed by atoms with van der Waals surface area (Å²) in [7, 11) is -5.87. The van der Waals surface area contributed by atoms with Gasteiger partial charge in [-0.15, -0.1) is 82.7 Å². The zero-order chi connectivity index (χ0) is 55.9. The summed E-state index contributed by atoms with van der Waals surface area (Å²) in [5, 5.41) is 11.5. The molecule has 0 bridgehead atoms. The van der Waals surface area contributed by atoms with Gasteiger partial charge in [-0.05, 0) is 45.7 Å². The van der Waals surface area contributed by atoms with E-state index in [1.807, 2.05) is 175 Å². The van der Waals surface area contributed by atoms with Crippen molar-refractivity contribution in [2.24, 2.45) is 0 Å². The number of rotatable bonds is 11. The number of aromatic nitrogens is 8. The second-order valence-electron chi connectivity index (χ2n) is 20.1. The maximum Gasteiger partial charge on any atom is 2.00 e. The molecule has 0 aliphatic rings. The van der Waals surface area contributed by atoms with Crippen molar-refractivity contribution in [2.75, 3.05) is 12.3 Å². The van der Waals surface area contributed by atoms with Gasteiger partial charge in [0.25, 0.3) is 0 Å². The van der Waals surface area contributed by atoms with Crippen LogP contribution in [0, 0.1) is 12.1 Å². The van der Waals surface area contributed by atoms with Crippen LogP contribution in [0.5, 0.6) is 0 Å². The molecule has 0 fully saturated rings. The van der Waals surface area contributed by atoms with Crippen molar-refractivity contribution in [3.63, 3.8) is 0 Å². The molecule has 0 aliphatic heterocycles. The first-order chi connectivity index (χ1) is 36.9. The average molecular weight is 1490 g/mol. The molecular formula is C60H54F6N8O2P2Pt2. The van der Waals surface area contributed by atoms with E-state index in [2.05, 4.69) is 42.3 Å². The van der Waals surface area contributed by atoms with E-state index in [1.165, 1.54) is 0 Å². The second-order valence-corrected chi connectivity index (χ2v) is 26.1. The molecule has 20 heteroatoms. The van der Waals surface area contributed by atoms with Crippen LogP contribution in [0.1, 0.15) is 64.1 Å². The molecule has 0 unspecified atom stereocenters. The molecule has 0 saturated carbocycles. The molecule has 10 nitrogen and oxygen atoms in total. The number of imidazole rings is 2. The van der Waals surface area contributed by atoms with E-state index < -0.39 is 38.0 Å². The summed E-state index contributed by atoms with van der Waals surface area (Å²) in [4.78, 5) is 14.4. The number of halogens is 6. The topological polar surface area (TPSA) is 124 Å². The first-order valence-electron chi connectivity index (χ1n) is 24.6. The summed E-state index contributed by atoms with van der Waals surface area (Å²) in [5.74, 6) is 0. The predicted molar refractivity (Wildman–Crippen MR) is 295 cm³/mol. The summed E-state index contributed by atoms with van der Waals surface area (Å²) in [6.07, 6.45) is 0.0255. The van der Waals surface area contributed by atoms with Crippen molar-refractivity contribution < 1.29 is 77.6 Å². The Balaban J connectivity index is 0.000000193. The summed E-state index contributed by atoms with van der Waals surface area (Å²) in [6, 6.07) is 54.9. The summed E-state index contributed by atoms with van der Waals surface area (Å²) >= 11 is 0. The zero-order valence-corrected chi connectivity index (χ0v) is 50.4. The van der Waals surface area contributed by atoms with Gasteiger partial charge >= 0.3 is 54.5 Å². The molecule has 0 atom stereocenters. The Labute approximate surface area is 490 Å². The zero-order valence-electron chi connectivity index (χ0n) is 44.1. The fraction of sp³-hybridized carbons (Fsp3) is 0.200. The minimum Gasteiger partial charge on any atom is -0.488 e. The maximum absolute atomic E-state index is 14.4. The average Bonchev–Trinajstić information content (AvgIpc) is 4.40. The summed E-state index contributed by atoms with van der Waals surface area (Å²) in [6.45, 7) is 11.9. The Hall–Kier alpha value is -6.42. The van der Waals surface area contributed by atoms with Gasteiger partial charge in [-0.25, -0.2) is 0 Å². The number of hydrogen-bond donors (Lipinski definition) is 0. The van der Waals surface area contributed by atoms with Crippen molar-refractivity contribution in [2.45, 2.75) is 64.7 Å². The molecule has 0 saturated heterocycles. The molecule has 4 heterocycles. The second kappa shape index (κ2) is 26.0. The van der Waals surface area contributed by atoms with E-state index in [4.69, 9.17) is 0 Å². The third-order valence-corrected chi connectivity index (χ3v) is 19.2. The Morgan fingerprint density at radius 3 is 1.01 bits per heavy atom. The van der Waals surface area contributed by atoms with E-state index in [1.54, 1.807) is 58.4 Å². The molecule has 0 radical (unpaired) electrons. The minimum absolute atomic E-state index is 0. The van der Waals surface area contributed by atoms with Crippen molar-refractivity contribution in [1.29, 1.82) is 0 Å². The van der Waals surface area contributed by atoms with Crippen LogP contribution >= 0.6 is 14.3 Å². The predicted octanol–water partition coefficient (Wildman–Crippen LogP) is 13.0. The number of alkyl halides is 6. The van der Waals surface area contributed by atoms with Crippen LogP contribution in [-0.4, -0.2) is 41.9 Å². The molecule has 0 N–H and O–H groups in total. The third-order valence-electron chi connectivity index (χ3n) is 12.6. The standard InChI is InChI=1S/C26H24O2P2.2C17H15F3N4.2Pt/c27-29(23-13-5-1-6-14-23,24-15-7-2-8-16-24)21-22-30(28,25-17-9-3-10-18-25)26-19-11-4-12-20-26;2*1-16(2,3)12-7-11(8-13(9-12)24-6-4-5-23-24)14-15(17(18,19)20)22-10-21-14;;/h1-20H,21-22H2;2*4-7,9-10H,1-3H3;;/q;2*-2;2*+2. The number of benzene rings is 6. The minimum atomic E-state index is -4.57.